The molecule has 3 heterocycles. The van der Waals surface area contributed by atoms with E-state index in [0.29, 0.717) is 10.8 Å². The number of fused-ring (bicyclic) bond motifs is 1. The van der Waals surface area contributed by atoms with Crippen LogP contribution in [-0.4, -0.2) is 38.7 Å². The topological polar surface area (TPSA) is 60.2 Å². The van der Waals surface area contributed by atoms with Gasteiger partial charge in [-0.2, -0.15) is 0 Å². The van der Waals surface area contributed by atoms with E-state index in [1.807, 2.05) is 11.0 Å². The molecule has 0 spiro atoms. The molecule has 2 aromatic rings. The lowest BCUT2D eigenvalue weighted by Crippen LogP contribution is -2.35. The first kappa shape index (κ1) is 17.3. The van der Waals surface area contributed by atoms with E-state index in [-0.39, 0.29) is 18.6 Å². The second-order valence-electron chi connectivity index (χ2n) is 6.93. The van der Waals surface area contributed by atoms with E-state index in [2.05, 4.69) is 14.8 Å². The smallest absolute Gasteiger partial charge is 0.261 e. The minimum absolute atomic E-state index is 0.00445. The Labute approximate surface area is 158 Å². The molecule has 4 rings (SSSR count). The van der Waals surface area contributed by atoms with E-state index >= 15 is 0 Å². The zero-order valence-corrected chi connectivity index (χ0v) is 15.5. The Hall–Kier alpha value is -2.08. The van der Waals surface area contributed by atoms with Gasteiger partial charge in [0.2, 0.25) is 0 Å². The van der Waals surface area contributed by atoms with Crippen LogP contribution in [-0.2, 0) is 17.8 Å². The molecule has 0 saturated carbocycles. The van der Waals surface area contributed by atoms with E-state index in [1.165, 1.54) is 12.8 Å². The van der Waals surface area contributed by atoms with Crippen LogP contribution >= 0.6 is 11.6 Å². The molecule has 0 bridgehead atoms. The number of hydrogen-bond acceptors (Lipinski definition) is 4. The molecule has 0 radical (unpaired) electrons. The molecule has 7 heteroatoms. The third kappa shape index (κ3) is 3.56. The van der Waals surface area contributed by atoms with Crippen LogP contribution in [0.4, 0.5) is 0 Å². The molecular weight excluding hydrogens is 352 g/mol. The molecule has 1 atom stereocenters. The monoisotopic (exact) mass is 374 g/mol. The van der Waals surface area contributed by atoms with Crippen LogP contribution in [0.25, 0.3) is 0 Å². The quantitative estimate of drug-likeness (QED) is 0.822. The summed E-state index contributed by atoms with van der Waals surface area (Å²) in [5, 5.41) is 9.43. The summed E-state index contributed by atoms with van der Waals surface area (Å²) in [6.45, 7) is 1.71. The summed E-state index contributed by atoms with van der Waals surface area (Å²) < 4.78 is 7.88. The summed E-state index contributed by atoms with van der Waals surface area (Å²) in [7, 11) is 0. The molecule has 1 amide bonds. The van der Waals surface area contributed by atoms with Crippen LogP contribution in [0.3, 0.4) is 0 Å². The number of aromatic nitrogens is 3. The predicted molar refractivity (Wildman–Crippen MR) is 98.2 cm³/mol. The predicted octanol–water partition coefficient (Wildman–Crippen LogP) is 3.40. The molecule has 0 aliphatic carbocycles. The third-order valence-corrected chi connectivity index (χ3v) is 5.40. The number of ether oxygens (including phenoxy) is 1. The Kier molecular flexibility index (Phi) is 5.11. The van der Waals surface area contributed by atoms with Gasteiger partial charge >= 0.3 is 0 Å². The highest BCUT2D eigenvalue weighted by atomic mass is 35.5. The van der Waals surface area contributed by atoms with Crippen molar-refractivity contribution < 1.29 is 9.53 Å². The van der Waals surface area contributed by atoms with Gasteiger partial charge in [0.15, 0.2) is 12.4 Å². The van der Waals surface area contributed by atoms with Gasteiger partial charge in [0.25, 0.3) is 5.91 Å². The molecule has 1 aromatic heterocycles. The number of hydrogen-bond donors (Lipinski definition) is 0. The summed E-state index contributed by atoms with van der Waals surface area (Å²) in [4.78, 5) is 14.7. The Morgan fingerprint density at radius 2 is 2.12 bits per heavy atom. The van der Waals surface area contributed by atoms with Gasteiger partial charge in [0.1, 0.15) is 11.6 Å². The van der Waals surface area contributed by atoms with Crippen LogP contribution < -0.4 is 4.74 Å². The Balaban J connectivity index is 1.46. The Morgan fingerprint density at radius 3 is 3.00 bits per heavy atom. The van der Waals surface area contributed by atoms with Gasteiger partial charge in [0, 0.05) is 24.5 Å². The van der Waals surface area contributed by atoms with Crippen molar-refractivity contribution in [2.45, 2.75) is 51.1 Å². The van der Waals surface area contributed by atoms with Gasteiger partial charge in [-0.1, -0.05) is 24.1 Å². The van der Waals surface area contributed by atoms with Crippen LogP contribution in [0, 0.1) is 0 Å². The molecule has 0 N–H and O–H groups in total. The highest BCUT2D eigenvalue weighted by Crippen LogP contribution is 2.32. The van der Waals surface area contributed by atoms with Gasteiger partial charge in [-0.25, -0.2) is 0 Å². The van der Waals surface area contributed by atoms with E-state index in [0.717, 1.165) is 50.4 Å². The number of halogens is 1. The first-order valence-corrected chi connectivity index (χ1v) is 9.70. The highest BCUT2D eigenvalue weighted by molar-refractivity contribution is 6.30. The fraction of sp³-hybridized carbons (Fsp3) is 0.526. The van der Waals surface area contributed by atoms with Crippen molar-refractivity contribution >= 4 is 17.5 Å². The number of carbonyl (C=O) groups is 1. The van der Waals surface area contributed by atoms with E-state index in [9.17, 15) is 4.79 Å². The lowest BCUT2D eigenvalue weighted by molar-refractivity contribution is -0.134. The molecule has 1 aromatic carbocycles. The van der Waals surface area contributed by atoms with Crippen molar-refractivity contribution in [1.29, 1.82) is 0 Å². The lowest BCUT2D eigenvalue weighted by atomic mass is 10.2. The number of nitrogens with zero attached hydrogens (tertiary/aromatic N) is 4. The number of amides is 1. The van der Waals surface area contributed by atoms with Gasteiger partial charge in [-0.05, 0) is 43.9 Å². The SMILES string of the molecule is O=C(COc1cccc(Cl)c1)N1CCCC1c1nnc2n1CCCCC2. The standard InChI is InChI=1S/C19H23ClN4O2/c20-14-6-4-7-15(12-14)26-13-18(25)23-11-5-8-16(23)19-22-21-17-9-2-1-3-10-24(17)19/h4,6-7,12,16H,1-3,5,8-11,13H2. The van der Waals surface area contributed by atoms with Gasteiger partial charge in [-0.15, -0.1) is 10.2 Å². The first-order chi connectivity index (χ1) is 12.7. The highest BCUT2D eigenvalue weighted by Gasteiger charge is 2.34. The van der Waals surface area contributed by atoms with E-state index < -0.39 is 0 Å². The second-order valence-corrected chi connectivity index (χ2v) is 7.36. The van der Waals surface area contributed by atoms with Crippen LogP contribution in [0.15, 0.2) is 24.3 Å². The van der Waals surface area contributed by atoms with Crippen molar-refractivity contribution in [3.63, 3.8) is 0 Å². The maximum absolute atomic E-state index is 12.8. The fourth-order valence-electron chi connectivity index (χ4n) is 3.87. The lowest BCUT2D eigenvalue weighted by Gasteiger charge is -2.24. The van der Waals surface area contributed by atoms with Crippen molar-refractivity contribution in [2.75, 3.05) is 13.2 Å². The minimum atomic E-state index is -0.0153. The number of benzene rings is 1. The average molecular weight is 375 g/mol. The molecule has 6 nitrogen and oxygen atoms in total. The Bertz CT molecular complexity index is 792. The first-order valence-electron chi connectivity index (χ1n) is 9.32. The maximum atomic E-state index is 12.8. The van der Waals surface area contributed by atoms with E-state index in [4.69, 9.17) is 16.3 Å². The molecule has 1 saturated heterocycles. The second kappa shape index (κ2) is 7.66. The van der Waals surface area contributed by atoms with Crippen molar-refractivity contribution in [3.05, 3.63) is 40.9 Å². The molecule has 26 heavy (non-hydrogen) atoms. The fourth-order valence-corrected chi connectivity index (χ4v) is 4.05. The van der Waals surface area contributed by atoms with Gasteiger partial charge < -0.3 is 14.2 Å². The summed E-state index contributed by atoms with van der Waals surface area (Å²) in [5.74, 6) is 2.60. The average Bonchev–Trinajstić information content (AvgIpc) is 3.21. The number of rotatable bonds is 4. The molecule has 1 unspecified atom stereocenters. The molecular formula is C19H23ClN4O2. The largest absolute Gasteiger partial charge is 0.484 e. The number of likely N-dealkylation sites (tertiary alicyclic amines) is 1. The molecule has 2 aliphatic heterocycles. The van der Waals surface area contributed by atoms with Crippen LogP contribution in [0.5, 0.6) is 5.75 Å². The zero-order valence-electron chi connectivity index (χ0n) is 14.7. The number of aryl methyl sites for hydroxylation is 1. The van der Waals surface area contributed by atoms with Crippen LogP contribution in [0.2, 0.25) is 5.02 Å². The summed E-state index contributed by atoms with van der Waals surface area (Å²) in [6.07, 6.45) is 6.43. The van der Waals surface area contributed by atoms with Gasteiger partial charge in [0.05, 0.1) is 6.04 Å². The molecule has 138 valence electrons. The van der Waals surface area contributed by atoms with Gasteiger partial charge in [-0.3, -0.25) is 4.79 Å². The summed E-state index contributed by atoms with van der Waals surface area (Å²) in [6, 6.07) is 7.12. The van der Waals surface area contributed by atoms with Crippen molar-refractivity contribution in [2.24, 2.45) is 0 Å². The minimum Gasteiger partial charge on any atom is -0.484 e. The summed E-state index contributed by atoms with van der Waals surface area (Å²) >= 11 is 5.97. The molecule has 2 aliphatic rings. The normalized spacial score (nSPS) is 19.9. The Morgan fingerprint density at radius 1 is 1.19 bits per heavy atom. The third-order valence-electron chi connectivity index (χ3n) is 5.17. The zero-order chi connectivity index (χ0) is 17.9. The van der Waals surface area contributed by atoms with E-state index in [1.54, 1.807) is 18.2 Å². The van der Waals surface area contributed by atoms with Crippen LogP contribution in [0.1, 0.15) is 49.8 Å². The number of carbonyl (C=O) groups excluding carboxylic acids is 1. The van der Waals surface area contributed by atoms with Crippen molar-refractivity contribution in [1.82, 2.24) is 19.7 Å². The maximum Gasteiger partial charge on any atom is 0.261 e. The van der Waals surface area contributed by atoms with Crippen molar-refractivity contribution in [3.8, 4) is 5.75 Å². The summed E-state index contributed by atoms with van der Waals surface area (Å²) in [5.41, 5.74) is 0. The molecule has 1 fully saturated rings.